The zero-order valence-corrected chi connectivity index (χ0v) is 12.5. The van der Waals surface area contributed by atoms with Crippen molar-refractivity contribution in [2.24, 2.45) is 5.92 Å². The fourth-order valence-corrected chi connectivity index (χ4v) is 2.08. The van der Waals surface area contributed by atoms with Gasteiger partial charge >= 0.3 is 0 Å². The third-order valence-electron chi connectivity index (χ3n) is 2.95. The molecule has 0 aromatic heterocycles. The normalized spacial score (nSPS) is 21.4. The second kappa shape index (κ2) is 6.88. The standard InChI is InChI=1S/C17H26O2/c1-6-8-14-10-7-9-13(2)15(11-14)12-16(18)19-17(3,4)5/h6-7,9-11,13,16,18H,1,8,12H2,2-5H3. The molecule has 1 aliphatic rings. The van der Waals surface area contributed by atoms with Crippen molar-refractivity contribution in [2.45, 2.75) is 52.4 Å². The Morgan fingerprint density at radius 1 is 1.47 bits per heavy atom. The molecule has 0 heterocycles. The molecule has 0 bridgehead atoms. The summed E-state index contributed by atoms with van der Waals surface area (Å²) in [6.45, 7) is 11.8. The molecule has 0 saturated heterocycles. The Kier molecular flexibility index (Phi) is 5.77. The second-order valence-electron chi connectivity index (χ2n) is 6.02. The van der Waals surface area contributed by atoms with Gasteiger partial charge in [-0.1, -0.05) is 42.9 Å². The van der Waals surface area contributed by atoms with Gasteiger partial charge in [0, 0.05) is 6.42 Å². The summed E-state index contributed by atoms with van der Waals surface area (Å²) < 4.78 is 5.58. The topological polar surface area (TPSA) is 29.5 Å². The molecular formula is C17H26O2. The third kappa shape index (κ3) is 6.04. The van der Waals surface area contributed by atoms with E-state index in [0.717, 1.165) is 6.42 Å². The first-order valence-corrected chi connectivity index (χ1v) is 6.86. The minimum atomic E-state index is -0.759. The predicted molar refractivity (Wildman–Crippen MR) is 80.7 cm³/mol. The van der Waals surface area contributed by atoms with Crippen LogP contribution < -0.4 is 0 Å². The fraction of sp³-hybridized carbons (Fsp3) is 0.529. The molecule has 1 N–H and O–H groups in total. The summed E-state index contributed by atoms with van der Waals surface area (Å²) in [6.07, 6.45) is 11.0. The van der Waals surface area contributed by atoms with Crippen LogP contribution in [0.25, 0.3) is 0 Å². The van der Waals surface area contributed by atoms with Gasteiger partial charge in [0.1, 0.15) is 0 Å². The quantitative estimate of drug-likeness (QED) is 0.596. The Hall–Kier alpha value is -1.12. The van der Waals surface area contributed by atoms with E-state index >= 15 is 0 Å². The Bertz CT molecular complexity index is 394. The van der Waals surface area contributed by atoms with Crippen LogP contribution in [-0.2, 0) is 4.74 Å². The van der Waals surface area contributed by atoms with Crippen LogP contribution in [0.4, 0.5) is 0 Å². The first-order chi connectivity index (χ1) is 8.81. The molecule has 1 aliphatic carbocycles. The number of rotatable bonds is 5. The van der Waals surface area contributed by atoms with Crippen LogP contribution in [0.1, 0.15) is 40.5 Å². The minimum absolute atomic E-state index is 0.316. The van der Waals surface area contributed by atoms with Crippen molar-refractivity contribution in [3.63, 3.8) is 0 Å². The van der Waals surface area contributed by atoms with Crippen molar-refractivity contribution in [1.82, 2.24) is 0 Å². The lowest BCUT2D eigenvalue weighted by atomic mass is 9.96. The van der Waals surface area contributed by atoms with E-state index < -0.39 is 6.29 Å². The monoisotopic (exact) mass is 262 g/mol. The summed E-state index contributed by atoms with van der Waals surface area (Å²) in [5.74, 6) is 0.316. The average molecular weight is 262 g/mol. The number of hydrogen-bond acceptors (Lipinski definition) is 2. The number of hydrogen-bond donors (Lipinski definition) is 1. The lowest BCUT2D eigenvalue weighted by molar-refractivity contribution is -0.164. The first-order valence-electron chi connectivity index (χ1n) is 6.86. The van der Waals surface area contributed by atoms with Crippen molar-refractivity contribution >= 4 is 0 Å². The maximum absolute atomic E-state index is 10.0. The van der Waals surface area contributed by atoms with E-state index in [9.17, 15) is 5.11 Å². The molecular weight excluding hydrogens is 236 g/mol. The molecule has 0 aromatic carbocycles. The highest BCUT2D eigenvalue weighted by Gasteiger charge is 2.19. The van der Waals surface area contributed by atoms with Crippen LogP contribution >= 0.6 is 0 Å². The van der Waals surface area contributed by atoms with Crippen LogP contribution in [0.5, 0.6) is 0 Å². The molecule has 0 fully saturated rings. The molecule has 19 heavy (non-hydrogen) atoms. The van der Waals surface area contributed by atoms with Gasteiger partial charge in [-0.2, -0.15) is 0 Å². The van der Waals surface area contributed by atoms with E-state index in [2.05, 4.69) is 37.8 Å². The second-order valence-corrected chi connectivity index (χ2v) is 6.02. The molecule has 2 nitrogen and oxygen atoms in total. The summed E-state index contributed by atoms with van der Waals surface area (Å²) in [5.41, 5.74) is 2.08. The number of aliphatic hydroxyl groups is 1. The highest BCUT2D eigenvalue weighted by Crippen LogP contribution is 2.25. The van der Waals surface area contributed by atoms with Crippen molar-refractivity contribution in [3.8, 4) is 0 Å². The van der Waals surface area contributed by atoms with Crippen LogP contribution in [0.3, 0.4) is 0 Å². The van der Waals surface area contributed by atoms with E-state index in [1.54, 1.807) is 0 Å². The van der Waals surface area contributed by atoms with Crippen LogP contribution in [-0.4, -0.2) is 17.0 Å². The Morgan fingerprint density at radius 3 is 2.74 bits per heavy atom. The Balaban J connectivity index is 2.76. The highest BCUT2D eigenvalue weighted by molar-refractivity contribution is 5.34. The first kappa shape index (κ1) is 15.9. The molecule has 2 heteroatoms. The SMILES string of the molecule is C=CCC1=CC=CC(C)C(CC(O)OC(C)(C)C)=C1. The lowest BCUT2D eigenvalue weighted by Crippen LogP contribution is -2.28. The lowest BCUT2D eigenvalue weighted by Gasteiger charge is -2.25. The van der Waals surface area contributed by atoms with E-state index in [0.29, 0.717) is 12.3 Å². The van der Waals surface area contributed by atoms with Gasteiger partial charge in [0.15, 0.2) is 6.29 Å². The van der Waals surface area contributed by atoms with Gasteiger partial charge in [0.05, 0.1) is 5.60 Å². The van der Waals surface area contributed by atoms with Crippen molar-refractivity contribution in [1.29, 1.82) is 0 Å². The van der Waals surface area contributed by atoms with E-state index in [1.165, 1.54) is 11.1 Å². The summed E-state index contributed by atoms with van der Waals surface area (Å²) in [6, 6.07) is 0. The molecule has 2 atom stereocenters. The van der Waals surface area contributed by atoms with Gasteiger partial charge in [-0.3, -0.25) is 0 Å². The van der Waals surface area contributed by atoms with Gasteiger partial charge in [-0.25, -0.2) is 0 Å². The molecule has 0 saturated carbocycles. The van der Waals surface area contributed by atoms with Gasteiger partial charge < -0.3 is 9.84 Å². The van der Waals surface area contributed by atoms with Crippen LogP contribution in [0, 0.1) is 5.92 Å². The van der Waals surface area contributed by atoms with Crippen molar-refractivity contribution in [3.05, 3.63) is 48.1 Å². The summed E-state index contributed by atoms with van der Waals surface area (Å²) in [5, 5.41) is 10.0. The maximum atomic E-state index is 10.0. The third-order valence-corrected chi connectivity index (χ3v) is 2.95. The van der Waals surface area contributed by atoms with Crippen LogP contribution in [0.2, 0.25) is 0 Å². The fourth-order valence-electron chi connectivity index (χ4n) is 2.08. The smallest absolute Gasteiger partial charge is 0.158 e. The molecule has 1 rings (SSSR count). The average Bonchev–Trinajstić information content (AvgIpc) is 2.40. The van der Waals surface area contributed by atoms with E-state index in [4.69, 9.17) is 4.74 Å². The molecule has 106 valence electrons. The largest absolute Gasteiger partial charge is 0.368 e. The van der Waals surface area contributed by atoms with E-state index in [-0.39, 0.29) is 5.60 Å². The maximum Gasteiger partial charge on any atom is 0.158 e. The number of ether oxygens (including phenoxy) is 1. The summed E-state index contributed by atoms with van der Waals surface area (Å²) in [4.78, 5) is 0. The van der Waals surface area contributed by atoms with Crippen molar-refractivity contribution < 1.29 is 9.84 Å². The molecule has 0 amide bonds. The van der Waals surface area contributed by atoms with Crippen molar-refractivity contribution in [2.75, 3.05) is 0 Å². The summed E-state index contributed by atoms with van der Waals surface area (Å²) >= 11 is 0. The molecule has 2 unspecified atom stereocenters. The Morgan fingerprint density at radius 2 is 2.16 bits per heavy atom. The molecule has 0 aromatic rings. The molecule has 0 aliphatic heterocycles. The zero-order chi connectivity index (χ0) is 14.5. The van der Waals surface area contributed by atoms with Gasteiger partial charge in [-0.15, -0.1) is 6.58 Å². The predicted octanol–water partition coefficient (Wildman–Crippen LogP) is 4.14. The Labute approximate surface area is 117 Å². The number of aliphatic hydroxyl groups excluding tert-OH is 1. The molecule has 0 spiro atoms. The van der Waals surface area contributed by atoms with Gasteiger partial charge in [0.25, 0.3) is 0 Å². The minimum Gasteiger partial charge on any atom is -0.368 e. The van der Waals surface area contributed by atoms with Gasteiger partial charge in [-0.05, 0) is 38.7 Å². The highest BCUT2D eigenvalue weighted by atomic mass is 16.6. The van der Waals surface area contributed by atoms with Gasteiger partial charge in [0.2, 0.25) is 0 Å². The van der Waals surface area contributed by atoms with E-state index in [1.807, 2.05) is 26.8 Å². The summed E-state index contributed by atoms with van der Waals surface area (Å²) in [7, 11) is 0. The zero-order valence-electron chi connectivity index (χ0n) is 12.5. The molecule has 0 radical (unpaired) electrons. The number of allylic oxidation sites excluding steroid dienone is 6. The van der Waals surface area contributed by atoms with Crippen LogP contribution in [0.15, 0.2) is 48.1 Å².